The van der Waals surface area contributed by atoms with Gasteiger partial charge in [0.1, 0.15) is 0 Å². The van der Waals surface area contributed by atoms with E-state index in [2.05, 4.69) is 5.32 Å². The molecule has 14 heavy (non-hydrogen) atoms. The van der Waals surface area contributed by atoms with Crippen molar-refractivity contribution in [3.05, 3.63) is 12.2 Å². The van der Waals surface area contributed by atoms with Gasteiger partial charge in [0, 0.05) is 12.5 Å². The molecule has 0 saturated carbocycles. The first kappa shape index (κ1) is 11.2. The number of carbonyl (C=O) groups is 1. The lowest BCUT2D eigenvalue weighted by molar-refractivity contribution is -0.125. The molecule has 2 N–H and O–H groups in total. The first-order chi connectivity index (χ1) is 6.55. The molecule has 1 amide bonds. The Labute approximate surface area is 85.2 Å². The maximum atomic E-state index is 11.5. The number of carbonyl (C=O) groups excluding carboxylic acids is 1. The van der Waals surface area contributed by atoms with Crippen molar-refractivity contribution in [2.24, 2.45) is 5.92 Å². The molecular weight excluding hydrogens is 178 g/mol. The van der Waals surface area contributed by atoms with Crippen LogP contribution < -0.4 is 5.32 Å². The van der Waals surface area contributed by atoms with E-state index in [1.165, 1.54) is 0 Å². The van der Waals surface area contributed by atoms with Crippen molar-refractivity contribution in [1.82, 2.24) is 5.32 Å². The van der Waals surface area contributed by atoms with Crippen molar-refractivity contribution in [1.29, 1.82) is 0 Å². The van der Waals surface area contributed by atoms with Crippen LogP contribution >= 0.6 is 0 Å². The predicted octanol–water partition coefficient (Wildman–Crippen LogP) is 1.23. The molecule has 1 unspecified atom stereocenters. The first-order valence-corrected chi connectivity index (χ1v) is 5.20. The van der Waals surface area contributed by atoms with Gasteiger partial charge < -0.3 is 10.4 Å². The van der Waals surface area contributed by atoms with Gasteiger partial charge in [-0.2, -0.15) is 0 Å². The molecule has 0 aromatic carbocycles. The molecule has 0 aromatic heterocycles. The van der Waals surface area contributed by atoms with Gasteiger partial charge in [-0.1, -0.05) is 19.1 Å². The summed E-state index contributed by atoms with van der Waals surface area (Å²) < 4.78 is 0. The second-order valence-electron chi connectivity index (χ2n) is 4.21. The Bertz CT molecular complexity index is 225. The summed E-state index contributed by atoms with van der Waals surface area (Å²) in [5.41, 5.74) is -0.776. The highest BCUT2D eigenvalue weighted by molar-refractivity contribution is 5.79. The van der Waals surface area contributed by atoms with E-state index >= 15 is 0 Å². The number of allylic oxidation sites excluding steroid dienone is 2. The van der Waals surface area contributed by atoms with E-state index in [-0.39, 0.29) is 11.8 Å². The van der Waals surface area contributed by atoms with Crippen molar-refractivity contribution in [2.45, 2.75) is 38.7 Å². The van der Waals surface area contributed by atoms with Gasteiger partial charge in [-0.25, -0.2) is 0 Å². The summed E-state index contributed by atoms with van der Waals surface area (Å²) in [7, 11) is 0. The van der Waals surface area contributed by atoms with Crippen LogP contribution in [0.15, 0.2) is 12.2 Å². The minimum Gasteiger partial charge on any atom is -0.388 e. The SMILES string of the molecule is CCC(C)(O)CNC(=O)C1CC=CC1. The quantitative estimate of drug-likeness (QED) is 0.666. The van der Waals surface area contributed by atoms with Gasteiger partial charge in [-0.05, 0) is 26.2 Å². The molecule has 0 fully saturated rings. The fourth-order valence-electron chi connectivity index (χ4n) is 1.38. The average Bonchev–Trinajstić information content (AvgIpc) is 2.67. The zero-order valence-corrected chi connectivity index (χ0v) is 8.92. The monoisotopic (exact) mass is 197 g/mol. The zero-order valence-electron chi connectivity index (χ0n) is 8.92. The third-order valence-electron chi connectivity index (χ3n) is 2.78. The number of aliphatic hydroxyl groups is 1. The summed E-state index contributed by atoms with van der Waals surface area (Å²) in [6, 6.07) is 0. The van der Waals surface area contributed by atoms with E-state index in [1.54, 1.807) is 6.92 Å². The van der Waals surface area contributed by atoms with Crippen LogP contribution in [0.4, 0.5) is 0 Å². The minimum atomic E-state index is -0.776. The van der Waals surface area contributed by atoms with Gasteiger partial charge in [0.2, 0.25) is 5.91 Å². The third kappa shape index (κ3) is 3.14. The Morgan fingerprint density at radius 2 is 2.14 bits per heavy atom. The molecule has 0 radical (unpaired) electrons. The normalized spacial score (nSPS) is 20.8. The lowest BCUT2D eigenvalue weighted by Gasteiger charge is -2.22. The Morgan fingerprint density at radius 3 is 2.64 bits per heavy atom. The Kier molecular flexibility index (Phi) is 3.69. The summed E-state index contributed by atoms with van der Waals surface area (Å²) in [4.78, 5) is 11.5. The van der Waals surface area contributed by atoms with E-state index in [9.17, 15) is 9.90 Å². The van der Waals surface area contributed by atoms with Crippen LogP contribution in [0.5, 0.6) is 0 Å². The summed E-state index contributed by atoms with van der Waals surface area (Å²) in [6.45, 7) is 3.99. The van der Waals surface area contributed by atoms with Crippen molar-refractivity contribution < 1.29 is 9.90 Å². The molecule has 1 aliphatic carbocycles. The fraction of sp³-hybridized carbons (Fsp3) is 0.727. The summed E-state index contributed by atoms with van der Waals surface area (Å²) in [5.74, 6) is 0.145. The van der Waals surface area contributed by atoms with Gasteiger partial charge in [0.15, 0.2) is 0 Å². The van der Waals surface area contributed by atoms with E-state index in [1.807, 2.05) is 19.1 Å². The van der Waals surface area contributed by atoms with E-state index in [0.29, 0.717) is 13.0 Å². The molecule has 1 rings (SSSR count). The van der Waals surface area contributed by atoms with Gasteiger partial charge in [0.05, 0.1) is 5.60 Å². The first-order valence-electron chi connectivity index (χ1n) is 5.20. The maximum Gasteiger partial charge on any atom is 0.223 e. The molecule has 1 aliphatic rings. The zero-order chi connectivity index (χ0) is 10.6. The average molecular weight is 197 g/mol. The standard InChI is InChI=1S/C11H19NO2/c1-3-11(2,14)8-12-10(13)9-6-4-5-7-9/h4-5,9,14H,3,6-8H2,1-2H3,(H,12,13). The molecule has 1 atom stereocenters. The van der Waals surface area contributed by atoms with Gasteiger partial charge in [0.25, 0.3) is 0 Å². The molecule has 3 heteroatoms. The van der Waals surface area contributed by atoms with Crippen LogP contribution in [0.1, 0.15) is 33.1 Å². The van der Waals surface area contributed by atoms with Crippen molar-refractivity contribution in [3.63, 3.8) is 0 Å². The molecule has 0 spiro atoms. The highest BCUT2D eigenvalue weighted by Crippen LogP contribution is 2.17. The fourth-order valence-corrected chi connectivity index (χ4v) is 1.38. The predicted molar refractivity (Wildman–Crippen MR) is 55.8 cm³/mol. The molecule has 3 nitrogen and oxygen atoms in total. The topological polar surface area (TPSA) is 49.3 Å². The number of amides is 1. The molecule has 0 bridgehead atoms. The van der Waals surface area contributed by atoms with Crippen LogP contribution in [-0.2, 0) is 4.79 Å². The Balaban J connectivity index is 2.27. The number of hydrogen-bond acceptors (Lipinski definition) is 2. The summed E-state index contributed by atoms with van der Waals surface area (Å²) >= 11 is 0. The van der Waals surface area contributed by atoms with Crippen molar-refractivity contribution in [2.75, 3.05) is 6.54 Å². The van der Waals surface area contributed by atoms with Gasteiger partial charge in [-0.15, -0.1) is 0 Å². The van der Waals surface area contributed by atoms with E-state index < -0.39 is 5.60 Å². The number of hydrogen-bond donors (Lipinski definition) is 2. The lowest BCUT2D eigenvalue weighted by Crippen LogP contribution is -2.42. The van der Waals surface area contributed by atoms with Crippen LogP contribution in [0.25, 0.3) is 0 Å². The lowest BCUT2D eigenvalue weighted by atomic mass is 10.0. The second-order valence-corrected chi connectivity index (χ2v) is 4.21. The van der Waals surface area contributed by atoms with Crippen molar-refractivity contribution in [3.8, 4) is 0 Å². The molecule has 0 saturated heterocycles. The van der Waals surface area contributed by atoms with Crippen LogP contribution in [0, 0.1) is 5.92 Å². The maximum absolute atomic E-state index is 11.5. The highest BCUT2D eigenvalue weighted by Gasteiger charge is 2.23. The largest absolute Gasteiger partial charge is 0.388 e. The Morgan fingerprint density at radius 1 is 1.57 bits per heavy atom. The number of nitrogens with one attached hydrogen (secondary N) is 1. The molecule has 0 heterocycles. The summed E-state index contributed by atoms with van der Waals surface area (Å²) in [5, 5.41) is 12.5. The van der Waals surface area contributed by atoms with Gasteiger partial charge >= 0.3 is 0 Å². The summed E-state index contributed by atoms with van der Waals surface area (Å²) in [6.07, 6.45) is 6.38. The van der Waals surface area contributed by atoms with E-state index in [0.717, 1.165) is 12.8 Å². The van der Waals surface area contributed by atoms with Gasteiger partial charge in [-0.3, -0.25) is 4.79 Å². The van der Waals surface area contributed by atoms with Crippen LogP contribution in [0.2, 0.25) is 0 Å². The second kappa shape index (κ2) is 4.60. The molecular formula is C11H19NO2. The molecule has 0 aromatic rings. The van der Waals surface area contributed by atoms with Crippen molar-refractivity contribution >= 4 is 5.91 Å². The highest BCUT2D eigenvalue weighted by atomic mass is 16.3. The number of rotatable bonds is 4. The van der Waals surface area contributed by atoms with E-state index in [4.69, 9.17) is 0 Å². The van der Waals surface area contributed by atoms with Crippen LogP contribution in [0.3, 0.4) is 0 Å². The Hall–Kier alpha value is -0.830. The minimum absolute atomic E-state index is 0.0590. The smallest absolute Gasteiger partial charge is 0.223 e. The molecule has 0 aliphatic heterocycles. The van der Waals surface area contributed by atoms with Crippen LogP contribution in [-0.4, -0.2) is 23.2 Å². The third-order valence-corrected chi connectivity index (χ3v) is 2.78. The molecule has 80 valence electrons.